The Morgan fingerprint density at radius 1 is 1.09 bits per heavy atom. The maximum Gasteiger partial charge on any atom is 0.573 e. The van der Waals surface area contributed by atoms with E-state index in [0.717, 1.165) is 41.6 Å². The van der Waals surface area contributed by atoms with Gasteiger partial charge in [0, 0.05) is 12.1 Å². The van der Waals surface area contributed by atoms with Gasteiger partial charge in [-0.1, -0.05) is 67.6 Å². The highest BCUT2D eigenvalue weighted by molar-refractivity contribution is 8.15. The molecule has 0 saturated carbocycles. The Labute approximate surface area is 275 Å². The summed E-state index contributed by atoms with van der Waals surface area (Å²) in [6.45, 7) is 6.94. The third-order valence-corrected chi connectivity index (χ3v) is 8.37. The highest BCUT2D eigenvalue weighted by Gasteiger charge is 2.32. The number of aromatic nitrogens is 3. The van der Waals surface area contributed by atoms with Gasteiger partial charge in [-0.3, -0.25) is 9.69 Å². The van der Waals surface area contributed by atoms with E-state index >= 15 is 0 Å². The minimum absolute atomic E-state index is 0.000555. The molecule has 1 fully saturated rings. The fourth-order valence-electron chi connectivity index (χ4n) is 4.94. The molecule has 1 amide bonds. The lowest BCUT2D eigenvalue weighted by atomic mass is 9.98. The molecular formula is C33H33F3N6O2S2. The quantitative estimate of drug-likeness (QED) is 0.138. The zero-order valence-corrected chi connectivity index (χ0v) is 27.2. The summed E-state index contributed by atoms with van der Waals surface area (Å²) in [6, 6.07) is 19.5. The zero-order chi connectivity index (χ0) is 32.8. The van der Waals surface area contributed by atoms with Crippen LogP contribution in [0, 0.1) is 6.92 Å². The maximum absolute atomic E-state index is 12.8. The van der Waals surface area contributed by atoms with Gasteiger partial charge in [0.05, 0.1) is 17.1 Å². The summed E-state index contributed by atoms with van der Waals surface area (Å²) in [5, 5.41) is 8.62. The number of alkyl halides is 3. The first kappa shape index (κ1) is 33.1. The van der Waals surface area contributed by atoms with E-state index in [-0.39, 0.29) is 17.6 Å². The van der Waals surface area contributed by atoms with Crippen molar-refractivity contribution >= 4 is 45.9 Å². The molecule has 5 rings (SSSR count). The van der Waals surface area contributed by atoms with Crippen LogP contribution in [-0.2, 0) is 11.2 Å². The van der Waals surface area contributed by atoms with Gasteiger partial charge in [-0.05, 0) is 85.8 Å². The molecular weight excluding hydrogens is 634 g/mol. The average molecular weight is 667 g/mol. The number of thiocarbonyl (C=S) groups is 1. The van der Waals surface area contributed by atoms with Crippen LogP contribution in [-0.4, -0.2) is 49.6 Å². The van der Waals surface area contributed by atoms with Gasteiger partial charge >= 0.3 is 6.36 Å². The molecule has 3 aromatic carbocycles. The monoisotopic (exact) mass is 666 g/mol. The number of amides is 1. The number of nitrogens with zero attached hydrogens (tertiary/aromatic N) is 5. The predicted molar refractivity (Wildman–Crippen MR) is 180 cm³/mol. The Kier molecular flexibility index (Phi) is 10.4. The van der Waals surface area contributed by atoms with Crippen LogP contribution in [0.3, 0.4) is 0 Å². The minimum atomic E-state index is -4.74. The number of ether oxygens (including phenoxy) is 1. The average Bonchev–Trinajstić information content (AvgIpc) is 3.64. The number of amidine groups is 1. The van der Waals surface area contributed by atoms with Crippen molar-refractivity contribution in [2.45, 2.75) is 52.3 Å². The fraction of sp³-hybridized carbons (Fsp3) is 0.303. The molecule has 1 aliphatic heterocycles. The van der Waals surface area contributed by atoms with Gasteiger partial charge in [-0.2, -0.15) is 4.99 Å². The van der Waals surface area contributed by atoms with Crippen LogP contribution in [0.15, 0.2) is 78.0 Å². The number of carbonyl (C=O) groups is 1. The first-order valence-electron chi connectivity index (χ1n) is 14.8. The van der Waals surface area contributed by atoms with Crippen LogP contribution >= 0.6 is 24.0 Å². The molecule has 4 aromatic rings. The van der Waals surface area contributed by atoms with Gasteiger partial charge in [0.1, 0.15) is 12.1 Å². The van der Waals surface area contributed by atoms with Crippen molar-refractivity contribution in [1.29, 1.82) is 0 Å². The molecule has 1 aliphatic rings. The second-order valence-corrected chi connectivity index (χ2v) is 12.4. The number of halogens is 3. The Morgan fingerprint density at radius 3 is 2.52 bits per heavy atom. The van der Waals surface area contributed by atoms with Crippen molar-refractivity contribution in [3.8, 4) is 22.8 Å². The van der Waals surface area contributed by atoms with Gasteiger partial charge in [0.15, 0.2) is 16.1 Å². The highest BCUT2D eigenvalue weighted by atomic mass is 32.2. The molecule has 240 valence electrons. The Bertz CT molecular complexity index is 1720. The molecule has 13 heteroatoms. The molecule has 1 N–H and O–H groups in total. The van der Waals surface area contributed by atoms with Crippen LogP contribution in [0.2, 0.25) is 0 Å². The number of rotatable bonds is 10. The molecule has 0 unspecified atom stereocenters. The van der Waals surface area contributed by atoms with E-state index in [1.54, 1.807) is 4.90 Å². The summed E-state index contributed by atoms with van der Waals surface area (Å²) in [4.78, 5) is 23.4. The number of carbonyl (C=O) groups excluding carboxylic acids is 1. The van der Waals surface area contributed by atoms with Crippen molar-refractivity contribution < 1.29 is 22.7 Å². The van der Waals surface area contributed by atoms with Crippen LogP contribution in [0.4, 0.5) is 18.9 Å². The predicted octanol–water partition coefficient (Wildman–Crippen LogP) is 7.60. The molecule has 46 heavy (non-hydrogen) atoms. The normalized spacial score (nSPS) is 14.4. The summed E-state index contributed by atoms with van der Waals surface area (Å²) >= 11 is 6.89. The molecule has 0 radical (unpaired) electrons. The van der Waals surface area contributed by atoms with Gasteiger partial charge in [-0.15, -0.1) is 18.3 Å². The van der Waals surface area contributed by atoms with Crippen molar-refractivity contribution in [2.24, 2.45) is 4.99 Å². The molecule has 1 saturated heterocycles. The second-order valence-electron chi connectivity index (χ2n) is 11.1. The largest absolute Gasteiger partial charge is 0.573 e. The summed E-state index contributed by atoms with van der Waals surface area (Å²) in [5.41, 5.74) is 5.67. The molecule has 0 aliphatic carbocycles. The molecule has 8 nitrogen and oxygen atoms in total. The second kappa shape index (κ2) is 14.5. The lowest BCUT2D eigenvalue weighted by molar-refractivity contribution is -0.274. The standard InChI is InChI=1S/C33H33F3N6O2S2/c1-21(2)27-18-22(3)7-16-28(27)42-29(43)19-46-32(42)39-31(45)37-17-5-4-6-23-8-10-24(11-9-23)30-38-20-41(40-30)25-12-14-26(15-13-25)44-33(34,35)36/h7-16,18,20-21H,4-6,17,19H2,1-3H3,(H,37,45). The molecule has 0 spiro atoms. The van der Waals surface area contributed by atoms with E-state index < -0.39 is 6.36 Å². The van der Waals surface area contributed by atoms with Gasteiger partial charge < -0.3 is 10.1 Å². The summed E-state index contributed by atoms with van der Waals surface area (Å²) in [6.07, 6.45) is -0.531. The number of aryl methyl sites for hydroxylation is 2. The highest BCUT2D eigenvalue weighted by Crippen LogP contribution is 2.34. The Hall–Kier alpha value is -4.23. The molecule has 2 heterocycles. The molecule has 1 aromatic heterocycles. The molecule has 0 atom stereocenters. The minimum Gasteiger partial charge on any atom is -0.406 e. The van der Waals surface area contributed by atoms with Gasteiger partial charge in [0.2, 0.25) is 5.91 Å². The summed E-state index contributed by atoms with van der Waals surface area (Å²) < 4.78 is 42.6. The van der Waals surface area contributed by atoms with Crippen molar-refractivity contribution in [3.05, 3.63) is 89.7 Å². The van der Waals surface area contributed by atoms with Crippen molar-refractivity contribution in [3.63, 3.8) is 0 Å². The topological polar surface area (TPSA) is 84.6 Å². The summed E-state index contributed by atoms with van der Waals surface area (Å²) in [7, 11) is 0. The number of hydrogen-bond acceptors (Lipinski definition) is 6. The van der Waals surface area contributed by atoms with Crippen LogP contribution in [0.25, 0.3) is 17.1 Å². The van der Waals surface area contributed by atoms with Crippen LogP contribution in [0.5, 0.6) is 5.75 Å². The zero-order valence-electron chi connectivity index (χ0n) is 25.5. The number of benzene rings is 3. The summed E-state index contributed by atoms with van der Waals surface area (Å²) in [5.74, 6) is 0.800. The van der Waals surface area contributed by atoms with E-state index in [0.29, 0.717) is 34.1 Å². The number of aliphatic imine (C=N–C) groups is 1. The van der Waals surface area contributed by atoms with E-state index in [1.165, 1.54) is 52.6 Å². The van der Waals surface area contributed by atoms with Crippen LogP contribution in [0.1, 0.15) is 49.3 Å². The number of thioether (sulfide) groups is 1. The lowest BCUT2D eigenvalue weighted by Crippen LogP contribution is -2.32. The molecule has 0 bridgehead atoms. The lowest BCUT2D eigenvalue weighted by Gasteiger charge is -2.22. The first-order valence-corrected chi connectivity index (χ1v) is 16.2. The van der Waals surface area contributed by atoms with Crippen molar-refractivity contribution in [2.75, 3.05) is 17.2 Å². The van der Waals surface area contributed by atoms with Crippen molar-refractivity contribution in [1.82, 2.24) is 20.1 Å². The Balaban J connectivity index is 1.09. The number of nitrogens with one attached hydrogen (secondary N) is 1. The number of anilines is 1. The van der Waals surface area contributed by atoms with E-state index in [1.807, 2.05) is 43.3 Å². The third kappa shape index (κ3) is 8.52. The van der Waals surface area contributed by atoms with Crippen LogP contribution < -0.4 is 15.0 Å². The number of unbranched alkanes of at least 4 members (excludes halogenated alkanes) is 1. The Morgan fingerprint density at radius 2 is 1.83 bits per heavy atom. The smallest absolute Gasteiger partial charge is 0.406 e. The van der Waals surface area contributed by atoms with E-state index in [9.17, 15) is 18.0 Å². The SMILES string of the molecule is Cc1ccc(N2C(=O)CSC2=NC(=S)NCCCCc2ccc(-c3ncn(-c4ccc(OC(F)(F)F)cc4)n3)cc2)c(C(C)C)c1. The van der Waals surface area contributed by atoms with E-state index in [2.05, 4.69) is 45.0 Å². The van der Waals surface area contributed by atoms with E-state index in [4.69, 9.17) is 12.2 Å². The fourth-order valence-corrected chi connectivity index (χ4v) is 6.05. The maximum atomic E-state index is 12.8. The number of hydrogen-bond donors (Lipinski definition) is 1. The van der Waals surface area contributed by atoms with Gasteiger partial charge in [0.25, 0.3) is 0 Å². The van der Waals surface area contributed by atoms with Gasteiger partial charge in [-0.25, -0.2) is 9.67 Å². The first-order chi connectivity index (χ1) is 22.0. The third-order valence-electron chi connectivity index (χ3n) is 7.22.